The van der Waals surface area contributed by atoms with E-state index in [1.54, 1.807) is 12.4 Å². The highest BCUT2D eigenvalue weighted by Crippen LogP contribution is 2.14. The van der Waals surface area contributed by atoms with Gasteiger partial charge in [0.25, 0.3) is 0 Å². The number of para-hydroxylation sites is 2. The van der Waals surface area contributed by atoms with Crippen LogP contribution in [0.3, 0.4) is 0 Å². The molecule has 0 N–H and O–H groups in total. The van der Waals surface area contributed by atoms with Crippen LogP contribution in [0.1, 0.15) is 0 Å². The molecule has 0 saturated heterocycles. The quantitative estimate of drug-likeness (QED) is 0.273. The Labute approximate surface area is 124 Å². The average Bonchev–Trinajstić information content (AvgIpc) is 2.61. The molecule has 0 saturated carbocycles. The van der Waals surface area contributed by atoms with Gasteiger partial charge in [-0.2, -0.15) is 0 Å². The number of hydrogen-bond donors (Lipinski definition) is 0. The van der Waals surface area contributed by atoms with Gasteiger partial charge in [-0.05, 0) is 24.3 Å². The summed E-state index contributed by atoms with van der Waals surface area (Å²) in [4.78, 5) is 9.02. The van der Waals surface area contributed by atoms with E-state index in [-0.39, 0.29) is 0 Å². The normalized spacial score (nSPS) is 11.6. The summed E-state index contributed by atoms with van der Waals surface area (Å²) in [7, 11) is 0. The highest BCUT2D eigenvalue weighted by molar-refractivity contribution is 6.01. The van der Waals surface area contributed by atoms with Gasteiger partial charge in [-0.1, -0.05) is 21.5 Å². The zero-order valence-electron chi connectivity index (χ0n) is 11.6. The lowest BCUT2D eigenvalue weighted by molar-refractivity contribution is 1.07. The maximum atomic E-state index is 4.83. The van der Waals surface area contributed by atoms with E-state index in [4.69, 9.17) is 9.34 Å². The molecule has 0 spiro atoms. The molecule has 0 atom stereocenters. The SMILES string of the molecule is c1ccc2c(c1)=[N+]=c1c(c3cccnc3c3ncccc13)=[N+]=2. The van der Waals surface area contributed by atoms with E-state index < -0.39 is 0 Å². The van der Waals surface area contributed by atoms with Gasteiger partial charge in [0, 0.05) is 24.5 Å². The molecule has 0 aliphatic carbocycles. The average molecular weight is 282 g/mol. The molecular weight excluding hydrogens is 272 g/mol. The maximum absolute atomic E-state index is 4.83. The maximum Gasteiger partial charge on any atom is 0.427 e. The molecule has 5 rings (SSSR count). The van der Waals surface area contributed by atoms with Crippen molar-refractivity contribution in [1.82, 2.24) is 19.3 Å². The Bertz CT molecular complexity index is 1240. The van der Waals surface area contributed by atoms with E-state index in [9.17, 15) is 0 Å². The Morgan fingerprint density at radius 3 is 1.59 bits per heavy atom. The second kappa shape index (κ2) is 4.09. The van der Waals surface area contributed by atoms with Gasteiger partial charge in [-0.3, -0.25) is 9.97 Å². The molecule has 4 nitrogen and oxygen atoms in total. The number of benzene rings is 2. The fourth-order valence-electron chi connectivity index (χ4n) is 2.95. The smallest absolute Gasteiger partial charge is 0.254 e. The molecular formula is C18H10N4+2. The van der Waals surface area contributed by atoms with E-state index in [2.05, 4.69) is 9.97 Å². The first-order valence-corrected chi connectivity index (χ1v) is 7.10. The summed E-state index contributed by atoms with van der Waals surface area (Å²) < 4.78 is 9.65. The molecule has 0 fully saturated rings. The standard InChI is InChI=1S/C18H10N4/c1-2-8-14-13(7-1)21-17-11-5-3-9-19-15(11)16-12(18(17)22-14)6-4-10-20-16/h1-10H/q+2. The molecule has 0 amide bonds. The molecule has 2 aromatic carbocycles. The Morgan fingerprint density at radius 2 is 1.09 bits per heavy atom. The lowest BCUT2D eigenvalue weighted by Gasteiger charge is -1.96. The Balaban J connectivity index is 2.31. The first-order valence-electron chi connectivity index (χ1n) is 7.10. The Morgan fingerprint density at radius 1 is 0.591 bits per heavy atom. The van der Waals surface area contributed by atoms with Gasteiger partial charge in [0.05, 0.1) is 0 Å². The summed E-state index contributed by atoms with van der Waals surface area (Å²) in [6, 6.07) is 15.8. The summed E-state index contributed by atoms with van der Waals surface area (Å²) in [6.45, 7) is 0. The summed E-state index contributed by atoms with van der Waals surface area (Å²) in [6.07, 6.45) is 3.58. The summed E-state index contributed by atoms with van der Waals surface area (Å²) >= 11 is 0. The number of rotatable bonds is 0. The lowest BCUT2D eigenvalue weighted by Crippen LogP contribution is -2.45. The summed E-state index contributed by atoms with van der Waals surface area (Å²) in [5.41, 5.74) is 1.74. The minimum Gasteiger partial charge on any atom is -0.254 e. The lowest BCUT2D eigenvalue weighted by atomic mass is 10.1. The number of hydrogen-bond acceptors (Lipinski definition) is 2. The number of aromatic nitrogens is 2. The Kier molecular flexibility index (Phi) is 2.11. The molecule has 1 aliphatic rings. The highest BCUT2D eigenvalue weighted by atomic mass is 14.8. The van der Waals surface area contributed by atoms with E-state index in [0.29, 0.717) is 0 Å². The van der Waals surface area contributed by atoms with Gasteiger partial charge in [0.2, 0.25) is 0 Å². The van der Waals surface area contributed by atoms with Crippen molar-refractivity contribution < 1.29 is 0 Å². The van der Waals surface area contributed by atoms with Crippen molar-refractivity contribution >= 4 is 21.8 Å². The minimum atomic E-state index is 0.871. The first-order chi connectivity index (χ1) is 10.9. The molecule has 0 bridgehead atoms. The van der Waals surface area contributed by atoms with Crippen molar-refractivity contribution in [2.75, 3.05) is 0 Å². The van der Waals surface area contributed by atoms with E-state index in [1.165, 1.54) is 0 Å². The summed E-state index contributed by atoms with van der Waals surface area (Å²) in [5, 5.41) is 5.51. The van der Waals surface area contributed by atoms with Crippen molar-refractivity contribution in [2.24, 2.45) is 0 Å². The third kappa shape index (κ3) is 1.42. The fourth-order valence-corrected chi connectivity index (χ4v) is 2.95. The molecule has 0 unspecified atom stereocenters. The molecule has 4 heteroatoms. The molecule has 3 heterocycles. The summed E-state index contributed by atoms with van der Waals surface area (Å²) in [5.74, 6) is 0. The van der Waals surface area contributed by atoms with Crippen LogP contribution < -0.4 is 30.8 Å². The van der Waals surface area contributed by atoms with E-state index in [0.717, 1.165) is 43.2 Å². The first kappa shape index (κ1) is 11.4. The van der Waals surface area contributed by atoms with Crippen LogP contribution in [0.15, 0.2) is 60.9 Å². The van der Waals surface area contributed by atoms with Gasteiger partial charge in [0.1, 0.15) is 21.8 Å². The highest BCUT2D eigenvalue weighted by Gasteiger charge is 2.23. The van der Waals surface area contributed by atoms with Gasteiger partial charge in [-0.15, -0.1) is 0 Å². The molecule has 100 valence electrons. The number of pyridine rings is 2. The molecule has 2 aromatic heterocycles. The van der Waals surface area contributed by atoms with Gasteiger partial charge in [-0.25, -0.2) is 0 Å². The third-order valence-electron chi connectivity index (χ3n) is 3.92. The number of fused-ring (bicyclic) bond motifs is 7. The Hall–Kier alpha value is -3.32. The van der Waals surface area contributed by atoms with Gasteiger partial charge < -0.3 is 0 Å². The second-order valence-electron chi connectivity index (χ2n) is 5.21. The van der Waals surface area contributed by atoms with Crippen LogP contribution in [0, 0.1) is 0 Å². The van der Waals surface area contributed by atoms with Gasteiger partial charge in [0.15, 0.2) is 0 Å². The van der Waals surface area contributed by atoms with E-state index >= 15 is 0 Å². The zero-order chi connectivity index (χ0) is 14.5. The van der Waals surface area contributed by atoms with Crippen molar-refractivity contribution in [1.29, 1.82) is 0 Å². The minimum absolute atomic E-state index is 0.871. The predicted molar refractivity (Wildman–Crippen MR) is 82.7 cm³/mol. The molecule has 22 heavy (non-hydrogen) atoms. The van der Waals surface area contributed by atoms with E-state index in [1.807, 2.05) is 48.5 Å². The van der Waals surface area contributed by atoms with Crippen molar-refractivity contribution in [3.8, 4) is 0 Å². The van der Waals surface area contributed by atoms with Crippen LogP contribution in [0.5, 0.6) is 0 Å². The predicted octanol–water partition coefficient (Wildman–Crippen LogP) is -0.890. The van der Waals surface area contributed by atoms with Crippen LogP contribution in [-0.4, -0.2) is 9.97 Å². The van der Waals surface area contributed by atoms with Crippen LogP contribution in [-0.2, 0) is 0 Å². The van der Waals surface area contributed by atoms with Crippen LogP contribution in [0.25, 0.3) is 21.8 Å². The van der Waals surface area contributed by atoms with Crippen molar-refractivity contribution in [3.63, 3.8) is 0 Å². The zero-order valence-corrected chi connectivity index (χ0v) is 11.6. The van der Waals surface area contributed by atoms with Crippen molar-refractivity contribution in [3.05, 3.63) is 82.4 Å². The van der Waals surface area contributed by atoms with Crippen molar-refractivity contribution in [2.45, 2.75) is 0 Å². The number of nitrogens with zero attached hydrogens (tertiary/aromatic N) is 4. The monoisotopic (exact) mass is 282 g/mol. The second-order valence-corrected chi connectivity index (χ2v) is 5.21. The molecule has 0 radical (unpaired) electrons. The molecule has 4 aromatic rings. The van der Waals surface area contributed by atoms with Crippen LogP contribution in [0.2, 0.25) is 0 Å². The third-order valence-corrected chi connectivity index (χ3v) is 3.92. The van der Waals surface area contributed by atoms with Crippen LogP contribution >= 0.6 is 0 Å². The topological polar surface area (TPSA) is 54.0 Å². The fraction of sp³-hybridized carbons (Fsp3) is 0. The largest absolute Gasteiger partial charge is 0.427 e. The van der Waals surface area contributed by atoms with Gasteiger partial charge >= 0.3 is 21.4 Å². The van der Waals surface area contributed by atoms with Crippen LogP contribution in [0.4, 0.5) is 0 Å². The molecule has 1 aliphatic heterocycles.